The van der Waals surface area contributed by atoms with E-state index in [1.165, 1.54) is 11.9 Å². The summed E-state index contributed by atoms with van der Waals surface area (Å²) in [6.45, 7) is 6.14. The third-order valence-corrected chi connectivity index (χ3v) is 6.93. The highest BCUT2D eigenvalue weighted by Crippen LogP contribution is 2.31. The zero-order chi connectivity index (χ0) is 19.6. The summed E-state index contributed by atoms with van der Waals surface area (Å²) < 4.78 is 22.8. The fraction of sp³-hybridized carbons (Fsp3) is 0.941. The molecule has 10 heteroatoms. The maximum Gasteiger partial charge on any atom is 0.230 e. The standard InChI is InChI=1S/C17H33FN6O2S/c1-4-5-6-23-7-11(18)8-24-17(23)13(14(19)21-24)15(25)20-16-12(9-26-3)10(2)22-27-16/h10-14,16-17,21-22H,4-9,19H2,1-3H3,(H,20,25). The highest BCUT2D eigenvalue weighted by atomic mass is 32.2. The minimum atomic E-state index is -0.943. The van der Waals surface area contributed by atoms with Crippen LogP contribution in [0.4, 0.5) is 4.39 Å². The largest absolute Gasteiger partial charge is 0.384 e. The van der Waals surface area contributed by atoms with Gasteiger partial charge in [-0.3, -0.25) is 14.4 Å². The molecule has 0 saturated carbocycles. The number of nitrogens with zero attached hydrogens (tertiary/aromatic N) is 2. The first-order valence-corrected chi connectivity index (χ1v) is 10.7. The Morgan fingerprint density at radius 3 is 2.93 bits per heavy atom. The van der Waals surface area contributed by atoms with Crippen molar-refractivity contribution in [3.63, 3.8) is 0 Å². The number of hydrazine groups is 1. The Morgan fingerprint density at radius 1 is 1.44 bits per heavy atom. The van der Waals surface area contributed by atoms with Crippen LogP contribution in [0, 0.1) is 11.8 Å². The van der Waals surface area contributed by atoms with Gasteiger partial charge in [-0.1, -0.05) is 25.3 Å². The molecule has 3 aliphatic heterocycles. The summed E-state index contributed by atoms with van der Waals surface area (Å²) in [7, 11) is 1.67. The molecular formula is C17H33FN6O2S. The Morgan fingerprint density at radius 2 is 2.22 bits per heavy atom. The predicted molar refractivity (Wildman–Crippen MR) is 104 cm³/mol. The number of unbranched alkanes of at least 4 members (excludes halogenated alkanes) is 1. The van der Waals surface area contributed by atoms with E-state index >= 15 is 0 Å². The van der Waals surface area contributed by atoms with E-state index in [0.717, 1.165) is 19.4 Å². The lowest BCUT2D eigenvalue weighted by molar-refractivity contribution is -0.131. The lowest BCUT2D eigenvalue weighted by Crippen LogP contribution is -2.61. The zero-order valence-corrected chi connectivity index (χ0v) is 17.2. The number of hydrogen-bond acceptors (Lipinski definition) is 8. The summed E-state index contributed by atoms with van der Waals surface area (Å²) in [4.78, 5) is 15.2. The van der Waals surface area contributed by atoms with Crippen molar-refractivity contribution in [2.24, 2.45) is 17.6 Å². The molecule has 3 aliphatic rings. The van der Waals surface area contributed by atoms with Crippen molar-refractivity contribution in [1.29, 1.82) is 0 Å². The maximum atomic E-state index is 14.2. The summed E-state index contributed by atoms with van der Waals surface area (Å²) in [5.41, 5.74) is 9.38. The number of halogens is 1. The molecule has 5 N–H and O–H groups in total. The van der Waals surface area contributed by atoms with Gasteiger partial charge in [-0.2, -0.15) is 0 Å². The summed E-state index contributed by atoms with van der Waals surface area (Å²) in [6.07, 6.45) is 0.313. The van der Waals surface area contributed by atoms with Gasteiger partial charge in [-0.05, 0) is 19.9 Å². The molecular weight excluding hydrogens is 371 g/mol. The second kappa shape index (κ2) is 9.34. The first kappa shape index (κ1) is 21.2. The summed E-state index contributed by atoms with van der Waals surface area (Å²) in [5.74, 6) is -0.353. The third kappa shape index (κ3) is 4.58. The molecule has 3 heterocycles. The first-order chi connectivity index (χ1) is 13.0. The highest BCUT2D eigenvalue weighted by Gasteiger charge is 2.51. The van der Waals surface area contributed by atoms with Crippen LogP contribution in [0.5, 0.6) is 0 Å². The van der Waals surface area contributed by atoms with Gasteiger partial charge in [0.2, 0.25) is 5.91 Å². The van der Waals surface area contributed by atoms with E-state index in [-0.39, 0.29) is 36.0 Å². The average Bonchev–Trinajstić information content (AvgIpc) is 3.13. The molecule has 0 aromatic heterocycles. The van der Waals surface area contributed by atoms with Gasteiger partial charge in [-0.25, -0.2) is 14.8 Å². The summed E-state index contributed by atoms with van der Waals surface area (Å²) in [5, 5.41) is 4.89. The van der Waals surface area contributed by atoms with Gasteiger partial charge in [0.15, 0.2) is 0 Å². The average molecular weight is 405 g/mol. The van der Waals surface area contributed by atoms with Crippen molar-refractivity contribution in [1.82, 2.24) is 25.4 Å². The van der Waals surface area contributed by atoms with Gasteiger partial charge < -0.3 is 15.8 Å². The molecule has 3 fully saturated rings. The number of nitrogens with two attached hydrogens (primary N) is 1. The molecule has 27 heavy (non-hydrogen) atoms. The number of fused-ring (bicyclic) bond motifs is 1. The van der Waals surface area contributed by atoms with Crippen LogP contribution < -0.4 is 21.2 Å². The van der Waals surface area contributed by atoms with Crippen molar-refractivity contribution < 1.29 is 13.9 Å². The molecule has 0 spiro atoms. The molecule has 3 saturated heterocycles. The Hall–Kier alpha value is -0.490. The molecule has 3 rings (SSSR count). The summed E-state index contributed by atoms with van der Waals surface area (Å²) in [6, 6.07) is 0.246. The van der Waals surface area contributed by atoms with Crippen molar-refractivity contribution in [3.8, 4) is 0 Å². The molecule has 0 aromatic rings. The van der Waals surface area contributed by atoms with Gasteiger partial charge in [0.05, 0.1) is 30.2 Å². The lowest BCUT2D eigenvalue weighted by Gasteiger charge is -2.42. The minimum absolute atomic E-state index is 0.0738. The van der Waals surface area contributed by atoms with Crippen LogP contribution in [0.15, 0.2) is 0 Å². The molecule has 156 valence electrons. The number of hydrogen-bond donors (Lipinski definition) is 4. The van der Waals surface area contributed by atoms with Crippen LogP contribution in [0.2, 0.25) is 0 Å². The molecule has 0 aromatic carbocycles. The zero-order valence-electron chi connectivity index (χ0n) is 16.4. The normalized spacial score (nSPS) is 40.3. The van der Waals surface area contributed by atoms with Gasteiger partial charge in [-0.15, -0.1) is 0 Å². The number of nitrogens with one attached hydrogen (secondary N) is 3. The predicted octanol–water partition coefficient (Wildman–Crippen LogP) is -0.168. The van der Waals surface area contributed by atoms with E-state index in [0.29, 0.717) is 13.2 Å². The van der Waals surface area contributed by atoms with E-state index in [9.17, 15) is 9.18 Å². The van der Waals surface area contributed by atoms with Gasteiger partial charge in [0.25, 0.3) is 0 Å². The van der Waals surface area contributed by atoms with E-state index in [1.807, 2.05) is 5.01 Å². The molecule has 0 aliphatic carbocycles. The van der Waals surface area contributed by atoms with E-state index < -0.39 is 18.3 Å². The van der Waals surface area contributed by atoms with Crippen LogP contribution in [0.25, 0.3) is 0 Å². The van der Waals surface area contributed by atoms with Gasteiger partial charge in [0.1, 0.15) is 6.17 Å². The topological polar surface area (TPSA) is 94.9 Å². The van der Waals surface area contributed by atoms with Crippen molar-refractivity contribution in [3.05, 3.63) is 0 Å². The number of amides is 1. The SMILES string of the molecule is CCCCN1CC(F)CN2NC(N)C(C(=O)NC3SNC(C)C3COC)C12. The summed E-state index contributed by atoms with van der Waals surface area (Å²) >= 11 is 1.52. The fourth-order valence-corrected chi connectivity index (χ4v) is 5.44. The molecule has 8 nitrogen and oxygen atoms in total. The number of ether oxygens (including phenoxy) is 1. The molecule has 7 unspecified atom stereocenters. The van der Waals surface area contributed by atoms with Crippen molar-refractivity contribution >= 4 is 17.9 Å². The van der Waals surface area contributed by atoms with Crippen LogP contribution in [-0.2, 0) is 9.53 Å². The van der Waals surface area contributed by atoms with Crippen molar-refractivity contribution in [2.75, 3.05) is 33.4 Å². The number of carbonyl (C=O) groups is 1. The number of rotatable bonds is 7. The van der Waals surface area contributed by atoms with Crippen LogP contribution in [0.1, 0.15) is 26.7 Å². The fourth-order valence-electron chi connectivity index (χ4n) is 4.24. The first-order valence-electron chi connectivity index (χ1n) is 9.83. The molecule has 7 atom stereocenters. The van der Waals surface area contributed by atoms with Gasteiger partial charge >= 0.3 is 0 Å². The smallest absolute Gasteiger partial charge is 0.230 e. The van der Waals surface area contributed by atoms with Crippen LogP contribution >= 0.6 is 11.9 Å². The molecule has 1 amide bonds. The Kier molecular flexibility index (Phi) is 7.34. The van der Waals surface area contributed by atoms with E-state index in [2.05, 4.69) is 34.2 Å². The van der Waals surface area contributed by atoms with Gasteiger partial charge in [0, 0.05) is 32.2 Å². The van der Waals surface area contributed by atoms with Crippen molar-refractivity contribution in [2.45, 2.75) is 56.6 Å². The Bertz CT molecular complexity index is 518. The lowest BCUT2D eigenvalue weighted by atomic mass is 9.98. The Balaban J connectivity index is 1.70. The van der Waals surface area contributed by atoms with Crippen LogP contribution in [0.3, 0.4) is 0 Å². The van der Waals surface area contributed by atoms with E-state index in [4.69, 9.17) is 10.5 Å². The minimum Gasteiger partial charge on any atom is -0.384 e. The molecule has 0 radical (unpaired) electrons. The Labute approximate surface area is 165 Å². The number of methoxy groups -OCH3 is 1. The second-order valence-corrected chi connectivity index (χ2v) is 8.74. The highest BCUT2D eigenvalue weighted by molar-refractivity contribution is 7.98. The number of alkyl halides is 1. The van der Waals surface area contributed by atoms with Crippen LogP contribution in [-0.4, -0.2) is 79.1 Å². The van der Waals surface area contributed by atoms with E-state index in [1.54, 1.807) is 7.11 Å². The third-order valence-electron chi connectivity index (χ3n) is 5.70. The monoisotopic (exact) mass is 404 g/mol. The number of carbonyl (C=O) groups excluding carboxylic acids is 1. The quantitative estimate of drug-likeness (QED) is 0.435. The second-order valence-electron chi connectivity index (χ2n) is 7.77. The maximum absolute atomic E-state index is 14.2. The molecule has 0 bridgehead atoms.